The summed E-state index contributed by atoms with van der Waals surface area (Å²) in [6.07, 6.45) is 6.07. The highest BCUT2D eigenvalue weighted by molar-refractivity contribution is 7.89. The van der Waals surface area contributed by atoms with E-state index in [2.05, 4.69) is 0 Å². The summed E-state index contributed by atoms with van der Waals surface area (Å²) in [6.45, 7) is 1.96. The van der Waals surface area contributed by atoms with Gasteiger partial charge in [0.1, 0.15) is 0 Å². The van der Waals surface area contributed by atoms with Gasteiger partial charge in [-0.2, -0.15) is 4.31 Å². The Morgan fingerprint density at radius 1 is 1.00 bits per heavy atom. The second-order valence-electron chi connectivity index (χ2n) is 6.48. The minimum Gasteiger partial charge on any atom is -0.308 e. The molecular weight excluding hydrogens is 296 g/mol. The molecule has 1 aromatic carbocycles. The van der Waals surface area contributed by atoms with E-state index in [9.17, 15) is 8.42 Å². The van der Waals surface area contributed by atoms with Crippen LogP contribution < -0.4 is 0 Å². The average Bonchev–Trinajstić information content (AvgIpc) is 2.53. The summed E-state index contributed by atoms with van der Waals surface area (Å²) >= 11 is 0. The quantitative estimate of drug-likeness (QED) is 0.774. The maximum atomic E-state index is 12.9. The average molecular weight is 324 g/mol. The van der Waals surface area contributed by atoms with Gasteiger partial charge >= 0.3 is 0 Å². The van der Waals surface area contributed by atoms with Gasteiger partial charge in [-0.3, -0.25) is 0 Å². The highest BCUT2D eigenvalue weighted by atomic mass is 32.2. The van der Waals surface area contributed by atoms with Crippen molar-refractivity contribution in [2.75, 3.05) is 33.7 Å². The fraction of sp³-hybridized carbons (Fsp3) is 0.647. The van der Waals surface area contributed by atoms with Gasteiger partial charge < -0.3 is 4.90 Å². The second kappa shape index (κ2) is 8.09. The predicted octanol–water partition coefficient (Wildman–Crippen LogP) is 2.82. The van der Waals surface area contributed by atoms with Crippen molar-refractivity contribution in [3.63, 3.8) is 0 Å². The van der Waals surface area contributed by atoms with Crippen LogP contribution in [-0.4, -0.2) is 51.4 Å². The van der Waals surface area contributed by atoms with E-state index in [0.717, 1.165) is 19.4 Å². The summed E-state index contributed by atoms with van der Waals surface area (Å²) in [7, 11) is 0.571. The van der Waals surface area contributed by atoms with Gasteiger partial charge in [0.15, 0.2) is 0 Å². The molecule has 2 rings (SSSR count). The first kappa shape index (κ1) is 17.4. The summed E-state index contributed by atoms with van der Waals surface area (Å²) in [6, 6.07) is 8.82. The van der Waals surface area contributed by atoms with E-state index in [4.69, 9.17) is 0 Å². The van der Waals surface area contributed by atoms with Gasteiger partial charge in [0, 0.05) is 19.6 Å². The first-order valence-electron chi connectivity index (χ1n) is 8.20. The lowest BCUT2D eigenvalue weighted by molar-refractivity contribution is 0.261. The summed E-state index contributed by atoms with van der Waals surface area (Å²) in [5, 5.41) is 0. The molecule has 0 heterocycles. The molecule has 1 saturated carbocycles. The monoisotopic (exact) mass is 324 g/mol. The van der Waals surface area contributed by atoms with Crippen LogP contribution in [0.2, 0.25) is 0 Å². The molecule has 0 N–H and O–H groups in total. The molecule has 22 heavy (non-hydrogen) atoms. The van der Waals surface area contributed by atoms with E-state index in [1.165, 1.54) is 19.3 Å². The molecule has 0 aromatic heterocycles. The smallest absolute Gasteiger partial charge is 0.243 e. The van der Waals surface area contributed by atoms with Gasteiger partial charge in [0.2, 0.25) is 10.0 Å². The van der Waals surface area contributed by atoms with Crippen molar-refractivity contribution in [1.29, 1.82) is 0 Å². The molecule has 0 aliphatic heterocycles. The van der Waals surface area contributed by atoms with Crippen LogP contribution in [0.25, 0.3) is 0 Å². The number of hydrogen-bond donors (Lipinski definition) is 0. The maximum Gasteiger partial charge on any atom is 0.243 e. The topological polar surface area (TPSA) is 40.6 Å². The molecular formula is C17H28N2O2S. The normalized spacial score (nSPS) is 17.3. The molecule has 0 unspecified atom stereocenters. The van der Waals surface area contributed by atoms with Gasteiger partial charge in [-0.25, -0.2) is 8.42 Å². The van der Waals surface area contributed by atoms with Crippen LogP contribution in [-0.2, 0) is 10.0 Å². The van der Waals surface area contributed by atoms with Crippen molar-refractivity contribution in [2.24, 2.45) is 5.92 Å². The summed E-state index contributed by atoms with van der Waals surface area (Å²) in [5.74, 6) is 0.509. The number of hydrogen-bond acceptors (Lipinski definition) is 3. The minimum atomic E-state index is -3.39. The van der Waals surface area contributed by atoms with Gasteiger partial charge in [-0.1, -0.05) is 37.5 Å². The van der Waals surface area contributed by atoms with Crippen LogP contribution >= 0.6 is 0 Å². The van der Waals surface area contributed by atoms with Crippen molar-refractivity contribution in [3.8, 4) is 0 Å². The second-order valence-corrected chi connectivity index (χ2v) is 8.42. The lowest BCUT2D eigenvalue weighted by Crippen LogP contribution is -2.40. The molecule has 0 spiro atoms. The highest BCUT2D eigenvalue weighted by Crippen LogP contribution is 2.26. The highest BCUT2D eigenvalue weighted by Gasteiger charge is 2.27. The Bertz CT molecular complexity index is 537. The van der Waals surface area contributed by atoms with Gasteiger partial charge in [-0.05, 0) is 45.0 Å². The molecule has 1 fully saturated rings. The molecule has 0 saturated heterocycles. The maximum absolute atomic E-state index is 12.9. The van der Waals surface area contributed by atoms with Gasteiger partial charge in [0.25, 0.3) is 0 Å². The summed E-state index contributed by atoms with van der Waals surface area (Å²) in [4.78, 5) is 2.44. The van der Waals surface area contributed by atoms with Crippen molar-refractivity contribution in [2.45, 2.75) is 37.0 Å². The SMILES string of the molecule is CN(C)CCN(CC1CCCCC1)S(=O)(=O)c1ccccc1. The zero-order valence-corrected chi connectivity index (χ0v) is 14.6. The molecule has 1 aliphatic rings. The van der Waals surface area contributed by atoms with Crippen molar-refractivity contribution in [1.82, 2.24) is 9.21 Å². The third kappa shape index (κ3) is 4.80. The molecule has 5 heteroatoms. The first-order valence-corrected chi connectivity index (χ1v) is 9.64. The Morgan fingerprint density at radius 3 is 2.23 bits per heavy atom. The number of sulfonamides is 1. The third-order valence-electron chi connectivity index (χ3n) is 4.36. The molecule has 1 aliphatic carbocycles. The molecule has 0 bridgehead atoms. The van der Waals surface area contributed by atoms with E-state index in [1.807, 2.05) is 25.1 Å². The van der Waals surface area contributed by atoms with Gasteiger partial charge in [-0.15, -0.1) is 0 Å². The Hall–Kier alpha value is -0.910. The Kier molecular flexibility index (Phi) is 6.41. The standard InChI is InChI=1S/C17H28N2O2S/c1-18(2)13-14-19(15-16-9-5-3-6-10-16)22(20,21)17-11-7-4-8-12-17/h4,7-8,11-12,16H,3,5-6,9-10,13-15H2,1-2H3. The number of nitrogens with zero attached hydrogens (tertiary/aromatic N) is 2. The Balaban J connectivity index is 2.15. The Morgan fingerprint density at radius 2 is 1.64 bits per heavy atom. The van der Waals surface area contributed by atoms with Crippen molar-refractivity contribution >= 4 is 10.0 Å². The molecule has 0 atom stereocenters. The fourth-order valence-corrected chi connectivity index (χ4v) is 4.55. The molecule has 4 nitrogen and oxygen atoms in total. The fourth-order valence-electron chi connectivity index (χ4n) is 3.02. The van der Waals surface area contributed by atoms with E-state index in [0.29, 0.717) is 23.9 Å². The molecule has 0 amide bonds. The van der Waals surface area contributed by atoms with Crippen molar-refractivity contribution in [3.05, 3.63) is 30.3 Å². The van der Waals surface area contributed by atoms with Crippen LogP contribution in [0.3, 0.4) is 0 Å². The summed E-state index contributed by atoms with van der Waals surface area (Å²) in [5.41, 5.74) is 0. The van der Waals surface area contributed by atoms with E-state index in [-0.39, 0.29) is 0 Å². The van der Waals surface area contributed by atoms with Gasteiger partial charge in [0.05, 0.1) is 4.90 Å². The van der Waals surface area contributed by atoms with Crippen LogP contribution in [0.15, 0.2) is 35.2 Å². The lowest BCUT2D eigenvalue weighted by atomic mass is 9.89. The predicted molar refractivity (Wildman–Crippen MR) is 90.3 cm³/mol. The lowest BCUT2D eigenvalue weighted by Gasteiger charge is -2.30. The molecule has 124 valence electrons. The van der Waals surface area contributed by atoms with E-state index < -0.39 is 10.0 Å². The van der Waals surface area contributed by atoms with Crippen molar-refractivity contribution < 1.29 is 8.42 Å². The number of likely N-dealkylation sites (N-methyl/N-ethyl adjacent to an activating group) is 1. The first-order chi connectivity index (χ1) is 10.5. The van der Waals surface area contributed by atoms with E-state index >= 15 is 0 Å². The largest absolute Gasteiger partial charge is 0.308 e. The number of rotatable bonds is 7. The molecule has 1 aromatic rings. The minimum absolute atomic E-state index is 0.407. The van der Waals surface area contributed by atoms with Crippen LogP contribution in [0.4, 0.5) is 0 Å². The van der Waals surface area contributed by atoms with Crippen LogP contribution in [0, 0.1) is 5.92 Å². The third-order valence-corrected chi connectivity index (χ3v) is 6.24. The van der Waals surface area contributed by atoms with E-state index in [1.54, 1.807) is 28.6 Å². The van der Waals surface area contributed by atoms with Crippen LogP contribution in [0.5, 0.6) is 0 Å². The zero-order chi connectivity index (χ0) is 16.0. The van der Waals surface area contributed by atoms with Crippen LogP contribution in [0.1, 0.15) is 32.1 Å². The number of benzene rings is 1. The Labute approximate surface area is 135 Å². The summed E-state index contributed by atoms with van der Waals surface area (Å²) < 4.78 is 27.5. The zero-order valence-electron chi connectivity index (χ0n) is 13.7. The molecule has 0 radical (unpaired) electrons.